The third kappa shape index (κ3) is 2.55. The number of nitrogen functional groups attached to an aromatic ring is 1. The molecule has 4 rings (SSSR count). The normalized spacial score (nSPS) is 11.5. The summed E-state index contributed by atoms with van der Waals surface area (Å²) < 4.78 is 6.23. The number of ether oxygens (including phenoxy) is 1. The van der Waals surface area contributed by atoms with E-state index >= 15 is 0 Å². The second kappa shape index (κ2) is 5.86. The van der Waals surface area contributed by atoms with Crippen molar-refractivity contribution in [2.75, 3.05) is 12.8 Å². The Morgan fingerprint density at radius 3 is 2.92 bits per heavy atom. The number of hydrogen-bond donors (Lipinski definition) is 1. The average Bonchev–Trinajstić information content (AvgIpc) is 3.03. The van der Waals surface area contributed by atoms with Gasteiger partial charge in [0, 0.05) is 11.6 Å². The molecule has 0 atom stereocenters. The average molecular weight is 335 g/mol. The molecule has 24 heavy (non-hydrogen) atoms. The molecular formula is C17H13N5OS. The van der Waals surface area contributed by atoms with Gasteiger partial charge in [-0.3, -0.25) is 4.98 Å². The van der Waals surface area contributed by atoms with Crippen LogP contribution < -0.4 is 10.5 Å². The first-order valence-electron chi connectivity index (χ1n) is 7.24. The summed E-state index contributed by atoms with van der Waals surface area (Å²) in [4.78, 5) is 8.76. The summed E-state index contributed by atoms with van der Waals surface area (Å²) in [5.74, 6) is 0.797. The quantitative estimate of drug-likeness (QED) is 0.428. The van der Waals surface area contributed by atoms with Crippen LogP contribution in [0.3, 0.4) is 0 Å². The molecule has 0 bridgehead atoms. The minimum Gasteiger partial charge on any atom is -0.497 e. The van der Waals surface area contributed by atoms with Crippen molar-refractivity contribution in [2.24, 2.45) is 10.2 Å². The number of nitrogens with two attached hydrogens (primary N) is 1. The molecule has 118 valence electrons. The third-order valence-electron chi connectivity index (χ3n) is 3.61. The Kier molecular flexibility index (Phi) is 3.55. The predicted molar refractivity (Wildman–Crippen MR) is 96.5 cm³/mol. The number of hydrogen-bond acceptors (Lipinski definition) is 7. The lowest BCUT2D eigenvalue weighted by molar-refractivity contribution is 0.415. The van der Waals surface area contributed by atoms with Gasteiger partial charge in [0.15, 0.2) is 0 Å². The largest absolute Gasteiger partial charge is 0.497 e. The van der Waals surface area contributed by atoms with Gasteiger partial charge in [0.2, 0.25) is 5.13 Å². The highest BCUT2D eigenvalue weighted by Gasteiger charge is 2.06. The molecule has 0 saturated heterocycles. The summed E-state index contributed by atoms with van der Waals surface area (Å²) in [6.45, 7) is 0. The highest BCUT2D eigenvalue weighted by Crippen LogP contribution is 2.33. The van der Waals surface area contributed by atoms with Crippen LogP contribution in [0.25, 0.3) is 21.1 Å². The van der Waals surface area contributed by atoms with Gasteiger partial charge in [0.1, 0.15) is 5.75 Å². The number of benzene rings is 2. The van der Waals surface area contributed by atoms with E-state index < -0.39 is 0 Å². The maximum absolute atomic E-state index is 5.95. The molecule has 0 aliphatic rings. The second-order valence-corrected chi connectivity index (χ2v) is 6.11. The zero-order valence-corrected chi connectivity index (χ0v) is 13.6. The number of nitrogens with zero attached hydrogens (tertiary/aromatic N) is 4. The van der Waals surface area contributed by atoms with Gasteiger partial charge in [-0.15, -0.1) is 10.2 Å². The molecule has 7 heteroatoms. The minimum absolute atomic E-state index is 0.590. The van der Waals surface area contributed by atoms with Crippen molar-refractivity contribution >= 4 is 49.0 Å². The van der Waals surface area contributed by atoms with Crippen LogP contribution in [0, 0.1) is 0 Å². The van der Waals surface area contributed by atoms with Crippen molar-refractivity contribution in [1.29, 1.82) is 0 Å². The molecule has 0 spiro atoms. The number of pyridine rings is 1. The van der Waals surface area contributed by atoms with Crippen molar-refractivity contribution in [3.63, 3.8) is 0 Å². The third-order valence-corrected chi connectivity index (χ3v) is 4.51. The van der Waals surface area contributed by atoms with Crippen LogP contribution in [0.15, 0.2) is 58.9 Å². The number of methoxy groups -OCH3 is 1. The summed E-state index contributed by atoms with van der Waals surface area (Å²) in [6.07, 6.45) is 1.71. The van der Waals surface area contributed by atoms with E-state index in [-0.39, 0.29) is 0 Å². The first-order valence-corrected chi connectivity index (χ1v) is 8.06. The second-order valence-electron chi connectivity index (χ2n) is 5.10. The van der Waals surface area contributed by atoms with E-state index in [2.05, 4.69) is 20.2 Å². The van der Waals surface area contributed by atoms with Gasteiger partial charge in [0.05, 0.1) is 34.2 Å². The lowest BCUT2D eigenvalue weighted by atomic mass is 10.1. The molecule has 0 unspecified atom stereocenters. The summed E-state index contributed by atoms with van der Waals surface area (Å²) in [6, 6.07) is 13.1. The van der Waals surface area contributed by atoms with Crippen LogP contribution in [0.5, 0.6) is 5.75 Å². The van der Waals surface area contributed by atoms with E-state index in [1.54, 1.807) is 19.4 Å². The molecule has 4 aromatic rings. The zero-order valence-electron chi connectivity index (χ0n) is 12.8. The van der Waals surface area contributed by atoms with Crippen LogP contribution in [0.1, 0.15) is 0 Å². The van der Waals surface area contributed by atoms with E-state index in [0.717, 1.165) is 26.9 Å². The molecule has 2 N–H and O–H groups in total. The number of rotatable bonds is 3. The zero-order chi connectivity index (χ0) is 16.5. The first kappa shape index (κ1) is 14.5. The maximum Gasteiger partial charge on any atom is 0.231 e. The molecular weight excluding hydrogens is 322 g/mol. The maximum atomic E-state index is 5.95. The van der Waals surface area contributed by atoms with Gasteiger partial charge in [0.25, 0.3) is 0 Å². The summed E-state index contributed by atoms with van der Waals surface area (Å²) in [7, 11) is 1.64. The van der Waals surface area contributed by atoms with Crippen LogP contribution in [0.4, 0.5) is 16.5 Å². The van der Waals surface area contributed by atoms with Crippen LogP contribution in [0.2, 0.25) is 0 Å². The Labute approximate surface area is 141 Å². The Morgan fingerprint density at radius 1 is 1.12 bits per heavy atom. The molecule has 0 radical (unpaired) electrons. The van der Waals surface area contributed by atoms with Gasteiger partial charge < -0.3 is 10.5 Å². The lowest BCUT2D eigenvalue weighted by Crippen LogP contribution is -1.88. The Bertz CT molecular complexity index is 1070. The molecule has 2 heterocycles. The fourth-order valence-electron chi connectivity index (χ4n) is 2.43. The van der Waals surface area contributed by atoms with E-state index in [0.29, 0.717) is 16.5 Å². The number of fused-ring (bicyclic) bond motifs is 2. The van der Waals surface area contributed by atoms with Crippen LogP contribution in [-0.4, -0.2) is 17.1 Å². The smallest absolute Gasteiger partial charge is 0.231 e. The molecule has 2 aromatic carbocycles. The van der Waals surface area contributed by atoms with Crippen molar-refractivity contribution in [3.8, 4) is 5.75 Å². The van der Waals surface area contributed by atoms with Gasteiger partial charge in [-0.1, -0.05) is 11.3 Å². The van der Waals surface area contributed by atoms with Gasteiger partial charge >= 0.3 is 0 Å². The number of thiazole rings is 1. The molecule has 0 amide bonds. The Morgan fingerprint density at radius 2 is 2.04 bits per heavy atom. The molecule has 2 aromatic heterocycles. The van der Waals surface area contributed by atoms with E-state index in [4.69, 9.17) is 10.5 Å². The summed E-state index contributed by atoms with van der Waals surface area (Å²) in [5, 5.41) is 10.1. The van der Waals surface area contributed by atoms with Crippen LogP contribution >= 0.6 is 11.3 Å². The van der Waals surface area contributed by atoms with E-state index in [1.807, 2.05) is 36.4 Å². The van der Waals surface area contributed by atoms with Crippen molar-refractivity contribution < 1.29 is 4.74 Å². The topological polar surface area (TPSA) is 85.8 Å². The number of azo groups is 1. The molecule has 0 aliphatic heterocycles. The fourth-order valence-corrected chi connectivity index (χ4v) is 3.24. The van der Waals surface area contributed by atoms with Gasteiger partial charge in [-0.05, 0) is 42.5 Å². The molecule has 0 fully saturated rings. The van der Waals surface area contributed by atoms with Crippen molar-refractivity contribution in [2.45, 2.75) is 0 Å². The fraction of sp³-hybridized carbons (Fsp3) is 0.0588. The first-order chi connectivity index (χ1) is 11.7. The van der Waals surface area contributed by atoms with Gasteiger partial charge in [-0.25, -0.2) is 4.98 Å². The Balaban J connectivity index is 1.74. The number of aromatic nitrogens is 2. The van der Waals surface area contributed by atoms with E-state index in [9.17, 15) is 0 Å². The summed E-state index contributed by atoms with van der Waals surface area (Å²) in [5.41, 5.74) is 8.89. The SMILES string of the molecule is COc1ccc2nc(N=Nc3ccc(N)c4ncccc34)sc2c1. The molecule has 6 nitrogen and oxygen atoms in total. The number of anilines is 1. The van der Waals surface area contributed by atoms with E-state index in [1.165, 1.54) is 11.3 Å². The van der Waals surface area contributed by atoms with Crippen LogP contribution in [-0.2, 0) is 0 Å². The highest BCUT2D eigenvalue weighted by atomic mass is 32.1. The summed E-state index contributed by atoms with van der Waals surface area (Å²) >= 11 is 1.46. The monoisotopic (exact) mass is 335 g/mol. The Hall–Kier alpha value is -3.06. The predicted octanol–water partition coefficient (Wildman–Crippen LogP) is 4.85. The van der Waals surface area contributed by atoms with Gasteiger partial charge in [-0.2, -0.15) is 0 Å². The van der Waals surface area contributed by atoms with Crippen molar-refractivity contribution in [3.05, 3.63) is 48.7 Å². The molecule has 0 aliphatic carbocycles. The highest BCUT2D eigenvalue weighted by molar-refractivity contribution is 7.21. The standard InChI is InChI=1S/C17H13N5OS/c1-23-10-4-6-14-15(9-10)24-17(20-14)22-21-13-7-5-12(18)16-11(13)3-2-8-19-16/h2-9H,18H2,1H3. The minimum atomic E-state index is 0.590. The van der Waals surface area contributed by atoms with Crippen molar-refractivity contribution in [1.82, 2.24) is 9.97 Å². The molecule has 0 saturated carbocycles. The lowest BCUT2D eigenvalue weighted by Gasteiger charge is -2.02.